The van der Waals surface area contributed by atoms with Crippen molar-refractivity contribution in [1.29, 1.82) is 0 Å². The van der Waals surface area contributed by atoms with Crippen molar-refractivity contribution < 1.29 is 0 Å². The second-order valence-electron chi connectivity index (χ2n) is 4.74. The van der Waals surface area contributed by atoms with Crippen LogP contribution in [0.1, 0.15) is 13.3 Å². The van der Waals surface area contributed by atoms with Gasteiger partial charge in [0.05, 0.1) is 0 Å². The van der Waals surface area contributed by atoms with E-state index in [-0.39, 0.29) is 0 Å². The summed E-state index contributed by atoms with van der Waals surface area (Å²) in [5.74, 6) is 0. The van der Waals surface area contributed by atoms with Gasteiger partial charge in [0.1, 0.15) is 0 Å². The van der Waals surface area contributed by atoms with Crippen LogP contribution in [0.2, 0.25) is 0 Å². The van der Waals surface area contributed by atoms with Gasteiger partial charge in [-0.1, -0.05) is 0 Å². The first kappa shape index (κ1) is 12.8. The molecule has 0 radical (unpaired) electrons. The molecule has 2 rings (SSSR count). The lowest BCUT2D eigenvalue weighted by atomic mass is 10.2. The Kier molecular flexibility index (Phi) is 4.76. The fraction of sp³-hybridized carbons (Fsp3) is 0.750. The van der Waals surface area contributed by atoms with E-state index in [1.807, 2.05) is 11.6 Å². The molecule has 1 aliphatic heterocycles. The Labute approximate surface area is 108 Å². The SMILES string of the molecule is C[C@H](CCNc1nccs1)N1CCN(C)CC1. The van der Waals surface area contributed by atoms with E-state index >= 15 is 0 Å². The molecule has 1 saturated heterocycles. The van der Waals surface area contributed by atoms with Gasteiger partial charge in [-0.2, -0.15) is 0 Å². The zero-order valence-electron chi connectivity index (χ0n) is 10.7. The number of likely N-dealkylation sites (N-methyl/N-ethyl adjacent to an activating group) is 1. The van der Waals surface area contributed by atoms with Gasteiger partial charge >= 0.3 is 0 Å². The maximum absolute atomic E-state index is 4.22. The predicted molar refractivity (Wildman–Crippen MR) is 73.8 cm³/mol. The monoisotopic (exact) mass is 254 g/mol. The number of rotatable bonds is 5. The highest BCUT2D eigenvalue weighted by Crippen LogP contribution is 2.12. The van der Waals surface area contributed by atoms with Crippen molar-refractivity contribution in [3.05, 3.63) is 11.6 Å². The van der Waals surface area contributed by atoms with Crippen LogP contribution in [0.5, 0.6) is 0 Å². The van der Waals surface area contributed by atoms with Gasteiger partial charge in [-0.25, -0.2) is 4.98 Å². The first-order chi connectivity index (χ1) is 8.25. The fourth-order valence-electron chi connectivity index (χ4n) is 2.14. The zero-order chi connectivity index (χ0) is 12.1. The van der Waals surface area contributed by atoms with Gasteiger partial charge < -0.3 is 10.2 Å². The average molecular weight is 254 g/mol. The zero-order valence-corrected chi connectivity index (χ0v) is 11.5. The van der Waals surface area contributed by atoms with Crippen LogP contribution in [0.4, 0.5) is 5.13 Å². The number of anilines is 1. The van der Waals surface area contributed by atoms with Crippen molar-refractivity contribution in [2.45, 2.75) is 19.4 Å². The highest BCUT2D eigenvalue weighted by Gasteiger charge is 2.18. The van der Waals surface area contributed by atoms with E-state index in [4.69, 9.17) is 0 Å². The van der Waals surface area contributed by atoms with E-state index in [1.165, 1.54) is 32.6 Å². The summed E-state index contributed by atoms with van der Waals surface area (Å²) in [6.45, 7) is 8.15. The smallest absolute Gasteiger partial charge is 0.182 e. The van der Waals surface area contributed by atoms with Crippen molar-refractivity contribution in [2.75, 3.05) is 45.1 Å². The third-order valence-electron chi connectivity index (χ3n) is 3.43. The molecule has 0 amide bonds. The Morgan fingerprint density at radius 1 is 1.41 bits per heavy atom. The first-order valence-electron chi connectivity index (χ1n) is 6.31. The quantitative estimate of drug-likeness (QED) is 0.864. The largest absolute Gasteiger partial charge is 0.361 e. The Balaban J connectivity index is 1.65. The summed E-state index contributed by atoms with van der Waals surface area (Å²) in [4.78, 5) is 9.21. The molecular weight excluding hydrogens is 232 g/mol. The molecule has 0 spiro atoms. The predicted octanol–water partition coefficient (Wildman–Crippen LogP) is 1.58. The lowest BCUT2D eigenvalue weighted by Crippen LogP contribution is -2.48. The van der Waals surface area contributed by atoms with Crippen LogP contribution in [0.3, 0.4) is 0 Å². The summed E-state index contributed by atoms with van der Waals surface area (Å²) in [5, 5.41) is 6.42. The van der Waals surface area contributed by atoms with E-state index in [0.29, 0.717) is 6.04 Å². The van der Waals surface area contributed by atoms with E-state index in [2.05, 4.69) is 34.1 Å². The van der Waals surface area contributed by atoms with Gasteiger partial charge in [0, 0.05) is 50.3 Å². The number of hydrogen-bond acceptors (Lipinski definition) is 5. The molecule has 17 heavy (non-hydrogen) atoms. The minimum atomic E-state index is 0.663. The second kappa shape index (κ2) is 6.33. The summed E-state index contributed by atoms with van der Waals surface area (Å²) < 4.78 is 0. The molecule has 0 aromatic carbocycles. The molecule has 1 aromatic rings. The van der Waals surface area contributed by atoms with Crippen molar-refractivity contribution in [3.8, 4) is 0 Å². The van der Waals surface area contributed by atoms with Crippen LogP contribution >= 0.6 is 11.3 Å². The standard InChI is InChI=1S/C12H22N4S/c1-11(16-8-6-15(2)7-9-16)3-4-13-12-14-5-10-17-12/h5,10-11H,3-4,6-9H2,1-2H3,(H,13,14)/t11-/m1/s1. The topological polar surface area (TPSA) is 31.4 Å². The molecule has 1 aliphatic rings. The number of aromatic nitrogens is 1. The third kappa shape index (κ3) is 3.94. The number of nitrogens with one attached hydrogen (secondary N) is 1. The van der Waals surface area contributed by atoms with Crippen LogP contribution in [0, 0.1) is 0 Å². The van der Waals surface area contributed by atoms with Crippen LogP contribution < -0.4 is 5.32 Å². The van der Waals surface area contributed by atoms with Gasteiger partial charge in [0.25, 0.3) is 0 Å². The molecule has 1 fully saturated rings. The minimum absolute atomic E-state index is 0.663. The molecule has 96 valence electrons. The lowest BCUT2D eigenvalue weighted by Gasteiger charge is -2.36. The molecule has 4 nitrogen and oxygen atoms in total. The van der Waals surface area contributed by atoms with Crippen molar-refractivity contribution in [2.24, 2.45) is 0 Å². The number of thiazole rings is 1. The second-order valence-corrected chi connectivity index (χ2v) is 5.64. The first-order valence-corrected chi connectivity index (χ1v) is 7.19. The molecular formula is C12H22N4S. The highest BCUT2D eigenvalue weighted by atomic mass is 32.1. The highest BCUT2D eigenvalue weighted by molar-refractivity contribution is 7.13. The molecule has 1 atom stereocenters. The van der Waals surface area contributed by atoms with Crippen molar-refractivity contribution >= 4 is 16.5 Å². The van der Waals surface area contributed by atoms with Gasteiger partial charge in [-0.3, -0.25) is 4.90 Å². The molecule has 0 unspecified atom stereocenters. The number of piperazine rings is 1. The molecule has 0 bridgehead atoms. The van der Waals surface area contributed by atoms with Crippen LogP contribution in [0.25, 0.3) is 0 Å². The molecule has 1 aromatic heterocycles. The Morgan fingerprint density at radius 2 is 2.18 bits per heavy atom. The summed E-state index contributed by atoms with van der Waals surface area (Å²) >= 11 is 1.67. The van der Waals surface area contributed by atoms with E-state index in [0.717, 1.165) is 11.7 Å². The van der Waals surface area contributed by atoms with Gasteiger partial charge in [-0.05, 0) is 20.4 Å². The maximum atomic E-state index is 4.22. The molecule has 1 N–H and O–H groups in total. The summed E-state index contributed by atoms with van der Waals surface area (Å²) in [5.41, 5.74) is 0. The molecule has 0 saturated carbocycles. The van der Waals surface area contributed by atoms with Gasteiger partial charge in [0.2, 0.25) is 0 Å². The summed E-state index contributed by atoms with van der Waals surface area (Å²) in [6, 6.07) is 0.663. The van der Waals surface area contributed by atoms with Crippen LogP contribution in [-0.2, 0) is 0 Å². The maximum Gasteiger partial charge on any atom is 0.182 e. The normalized spacial score (nSPS) is 20.4. The number of hydrogen-bond donors (Lipinski definition) is 1. The molecule has 0 aliphatic carbocycles. The summed E-state index contributed by atoms with van der Waals surface area (Å²) in [7, 11) is 2.20. The summed E-state index contributed by atoms with van der Waals surface area (Å²) in [6.07, 6.45) is 3.03. The third-order valence-corrected chi connectivity index (χ3v) is 4.16. The average Bonchev–Trinajstić information content (AvgIpc) is 2.83. The fourth-order valence-corrected chi connectivity index (χ4v) is 2.70. The Morgan fingerprint density at radius 3 is 2.82 bits per heavy atom. The number of nitrogens with zero attached hydrogens (tertiary/aromatic N) is 3. The van der Waals surface area contributed by atoms with Crippen LogP contribution in [0.15, 0.2) is 11.6 Å². The Bertz CT molecular complexity index is 306. The van der Waals surface area contributed by atoms with Gasteiger partial charge in [0.15, 0.2) is 5.13 Å². The minimum Gasteiger partial charge on any atom is -0.361 e. The van der Waals surface area contributed by atoms with Gasteiger partial charge in [-0.15, -0.1) is 11.3 Å². The molecule has 2 heterocycles. The lowest BCUT2D eigenvalue weighted by molar-refractivity contribution is 0.116. The Hall–Kier alpha value is -0.650. The van der Waals surface area contributed by atoms with Crippen LogP contribution in [-0.4, -0.2) is 60.6 Å². The van der Waals surface area contributed by atoms with Crippen molar-refractivity contribution in [1.82, 2.24) is 14.8 Å². The van der Waals surface area contributed by atoms with E-state index < -0.39 is 0 Å². The van der Waals surface area contributed by atoms with E-state index in [9.17, 15) is 0 Å². The van der Waals surface area contributed by atoms with Crippen molar-refractivity contribution in [3.63, 3.8) is 0 Å². The van der Waals surface area contributed by atoms with E-state index in [1.54, 1.807) is 11.3 Å². The molecule has 5 heteroatoms.